The van der Waals surface area contributed by atoms with Crippen molar-refractivity contribution in [2.75, 3.05) is 6.54 Å². The molecule has 0 aliphatic carbocycles. The standard InChI is InChI=1S/C26H33N7O6/c1-14(34)22(24(36)31-20(26(38)39)9-15-11-29-19-6-3-2-5-17(15)19)32-23(35)21-7-4-8-33(21)25(37)18(27)10-16-12-28-13-30-16/h2-3,5-6,11-14,18,20-22,29,34H,4,7-10,27H2,1H3,(H,28,30)(H,31,36)(H,32,35)(H,38,39). The molecular weight excluding hydrogens is 506 g/mol. The number of fused-ring (bicyclic) bond motifs is 1. The third-order valence-electron chi connectivity index (χ3n) is 6.93. The zero-order chi connectivity index (χ0) is 28.1. The molecule has 4 rings (SSSR count). The van der Waals surface area contributed by atoms with Crippen LogP contribution in [-0.4, -0.2) is 90.6 Å². The average molecular weight is 540 g/mol. The first-order valence-corrected chi connectivity index (χ1v) is 12.8. The highest BCUT2D eigenvalue weighted by atomic mass is 16.4. The number of carbonyl (C=O) groups excluding carboxylic acids is 3. The first-order chi connectivity index (χ1) is 18.7. The lowest BCUT2D eigenvalue weighted by Crippen LogP contribution is -2.59. The molecule has 1 fully saturated rings. The fraction of sp³-hybridized carbons (Fsp3) is 0.423. The van der Waals surface area contributed by atoms with Crippen LogP contribution in [0.4, 0.5) is 0 Å². The van der Waals surface area contributed by atoms with Crippen LogP contribution in [0.3, 0.4) is 0 Å². The Labute approximate surface area is 224 Å². The number of hydrogen-bond acceptors (Lipinski definition) is 7. The van der Waals surface area contributed by atoms with Crippen LogP contribution in [0.15, 0.2) is 43.0 Å². The van der Waals surface area contributed by atoms with Crippen LogP contribution in [0.2, 0.25) is 0 Å². The number of carboxylic acid groups (broad SMARTS) is 1. The van der Waals surface area contributed by atoms with Gasteiger partial charge in [0, 0.05) is 48.4 Å². The number of H-pyrrole nitrogens is 2. The van der Waals surface area contributed by atoms with Gasteiger partial charge in [0.1, 0.15) is 18.1 Å². The molecule has 0 spiro atoms. The van der Waals surface area contributed by atoms with Crippen LogP contribution >= 0.6 is 0 Å². The van der Waals surface area contributed by atoms with Crippen LogP contribution in [-0.2, 0) is 32.0 Å². The highest BCUT2D eigenvalue weighted by Crippen LogP contribution is 2.21. The van der Waals surface area contributed by atoms with Crippen molar-refractivity contribution < 1.29 is 29.4 Å². The molecule has 8 N–H and O–H groups in total. The Bertz CT molecular complexity index is 1320. The summed E-state index contributed by atoms with van der Waals surface area (Å²) in [6, 6.07) is 2.87. The number of likely N-dealkylation sites (tertiary alicyclic amines) is 1. The Morgan fingerprint density at radius 2 is 1.95 bits per heavy atom. The normalized spacial score (nSPS) is 18.3. The van der Waals surface area contributed by atoms with Gasteiger partial charge in [-0.3, -0.25) is 14.4 Å². The first-order valence-electron chi connectivity index (χ1n) is 12.8. The molecule has 5 atom stereocenters. The molecule has 1 aromatic carbocycles. The van der Waals surface area contributed by atoms with Crippen LogP contribution in [0.25, 0.3) is 10.9 Å². The van der Waals surface area contributed by atoms with Gasteiger partial charge < -0.3 is 41.4 Å². The summed E-state index contributed by atoms with van der Waals surface area (Å²) in [7, 11) is 0. The van der Waals surface area contributed by atoms with Gasteiger partial charge in [-0.25, -0.2) is 9.78 Å². The molecule has 208 valence electrons. The van der Waals surface area contributed by atoms with Crippen LogP contribution < -0.4 is 16.4 Å². The molecule has 2 aromatic heterocycles. The van der Waals surface area contributed by atoms with Crippen molar-refractivity contribution in [3.8, 4) is 0 Å². The Morgan fingerprint density at radius 1 is 1.18 bits per heavy atom. The van der Waals surface area contributed by atoms with Crippen molar-refractivity contribution in [2.45, 2.75) is 62.9 Å². The van der Waals surface area contributed by atoms with Crippen molar-refractivity contribution in [2.24, 2.45) is 5.73 Å². The van der Waals surface area contributed by atoms with E-state index in [-0.39, 0.29) is 12.8 Å². The lowest BCUT2D eigenvalue weighted by molar-refractivity contribution is -0.144. The van der Waals surface area contributed by atoms with E-state index in [0.29, 0.717) is 30.6 Å². The van der Waals surface area contributed by atoms with E-state index in [1.807, 2.05) is 24.3 Å². The maximum absolute atomic E-state index is 13.2. The second-order valence-electron chi connectivity index (χ2n) is 9.77. The number of nitrogens with zero attached hydrogens (tertiary/aromatic N) is 2. The van der Waals surface area contributed by atoms with Gasteiger partial charge in [-0.15, -0.1) is 0 Å². The highest BCUT2D eigenvalue weighted by molar-refractivity contribution is 5.95. The van der Waals surface area contributed by atoms with Crippen molar-refractivity contribution in [1.82, 2.24) is 30.5 Å². The maximum Gasteiger partial charge on any atom is 0.326 e. The summed E-state index contributed by atoms with van der Waals surface area (Å²) in [6.07, 6.45) is 4.54. The monoisotopic (exact) mass is 539 g/mol. The van der Waals surface area contributed by atoms with Gasteiger partial charge in [0.05, 0.1) is 18.5 Å². The third kappa shape index (κ3) is 6.44. The molecule has 1 aliphatic heterocycles. The van der Waals surface area contributed by atoms with Gasteiger partial charge >= 0.3 is 5.97 Å². The third-order valence-corrected chi connectivity index (χ3v) is 6.93. The van der Waals surface area contributed by atoms with E-state index in [2.05, 4.69) is 25.6 Å². The number of aromatic nitrogens is 3. The van der Waals surface area contributed by atoms with Crippen molar-refractivity contribution in [3.63, 3.8) is 0 Å². The van der Waals surface area contributed by atoms with E-state index in [0.717, 1.165) is 10.9 Å². The molecule has 1 aliphatic rings. The Balaban J connectivity index is 1.41. The molecule has 0 saturated carbocycles. The molecule has 5 unspecified atom stereocenters. The van der Waals surface area contributed by atoms with Crippen LogP contribution in [0.5, 0.6) is 0 Å². The van der Waals surface area contributed by atoms with Crippen molar-refractivity contribution in [3.05, 3.63) is 54.2 Å². The number of aliphatic hydroxyl groups excluding tert-OH is 1. The van der Waals surface area contributed by atoms with E-state index in [4.69, 9.17) is 5.73 Å². The summed E-state index contributed by atoms with van der Waals surface area (Å²) in [6.45, 7) is 1.64. The molecule has 0 radical (unpaired) electrons. The second kappa shape index (κ2) is 12.1. The van der Waals surface area contributed by atoms with Crippen LogP contribution in [0.1, 0.15) is 31.0 Å². The van der Waals surface area contributed by atoms with Gasteiger partial charge in [-0.2, -0.15) is 0 Å². The fourth-order valence-corrected chi connectivity index (χ4v) is 4.87. The largest absolute Gasteiger partial charge is 0.480 e. The van der Waals surface area contributed by atoms with E-state index in [1.54, 1.807) is 12.4 Å². The summed E-state index contributed by atoms with van der Waals surface area (Å²) >= 11 is 0. The molecule has 1 saturated heterocycles. The Kier molecular flexibility index (Phi) is 8.62. The van der Waals surface area contributed by atoms with E-state index in [1.165, 1.54) is 18.2 Å². The molecule has 13 heteroatoms. The average Bonchev–Trinajstić information content (AvgIpc) is 3.67. The van der Waals surface area contributed by atoms with E-state index in [9.17, 15) is 29.4 Å². The molecule has 13 nitrogen and oxygen atoms in total. The van der Waals surface area contributed by atoms with E-state index >= 15 is 0 Å². The van der Waals surface area contributed by atoms with Gasteiger partial charge in [0.25, 0.3) is 0 Å². The number of aliphatic hydroxyl groups is 1. The lowest BCUT2D eigenvalue weighted by Gasteiger charge is -2.29. The van der Waals surface area contributed by atoms with Crippen LogP contribution in [0, 0.1) is 0 Å². The minimum atomic E-state index is -1.43. The number of imidazole rings is 1. The predicted octanol–water partition coefficient (Wildman–Crippen LogP) is -0.570. The summed E-state index contributed by atoms with van der Waals surface area (Å²) < 4.78 is 0. The minimum Gasteiger partial charge on any atom is -0.480 e. The van der Waals surface area contributed by atoms with Crippen molar-refractivity contribution >= 4 is 34.6 Å². The van der Waals surface area contributed by atoms with Gasteiger partial charge in [0.2, 0.25) is 17.7 Å². The summed E-state index contributed by atoms with van der Waals surface area (Å²) in [4.78, 5) is 62.5. The molecule has 39 heavy (non-hydrogen) atoms. The number of carboxylic acids is 1. The maximum atomic E-state index is 13.2. The number of hydrogen-bond donors (Lipinski definition) is 7. The molecule has 0 bridgehead atoms. The first kappa shape index (κ1) is 27.8. The molecule has 3 amide bonds. The zero-order valence-corrected chi connectivity index (χ0v) is 21.5. The smallest absolute Gasteiger partial charge is 0.326 e. The summed E-state index contributed by atoms with van der Waals surface area (Å²) in [5.74, 6) is -3.15. The number of aliphatic carboxylic acids is 1. The Hall–Kier alpha value is -4.23. The fourth-order valence-electron chi connectivity index (χ4n) is 4.87. The SMILES string of the molecule is CC(O)C(NC(=O)C1CCCN1C(=O)C(N)Cc1cnc[nH]1)C(=O)NC(Cc1c[nH]c2ccccc12)C(=O)O. The lowest BCUT2D eigenvalue weighted by atomic mass is 10.0. The summed E-state index contributed by atoms with van der Waals surface area (Å²) in [5, 5.41) is 25.8. The van der Waals surface area contributed by atoms with Gasteiger partial charge in [0.15, 0.2) is 0 Å². The second-order valence-corrected chi connectivity index (χ2v) is 9.77. The predicted molar refractivity (Wildman–Crippen MR) is 140 cm³/mol. The number of rotatable bonds is 11. The number of nitrogens with one attached hydrogen (secondary N) is 4. The number of para-hydroxylation sites is 1. The number of benzene rings is 1. The zero-order valence-electron chi connectivity index (χ0n) is 21.5. The summed E-state index contributed by atoms with van der Waals surface area (Å²) in [5.41, 5.74) is 8.30. The Morgan fingerprint density at radius 3 is 2.64 bits per heavy atom. The number of amides is 3. The quantitative estimate of drug-likeness (QED) is 0.167. The molecule has 3 aromatic rings. The number of aromatic amines is 2. The minimum absolute atomic E-state index is 0.00924. The van der Waals surface area contributed by atoms with Gasteiger partial charge in [-0.1, -0.05) is 18.2 Å². The highest BCUT2D eigenvalue weighted by Gasteiger charge is 2.39. The van der Waals surface area contributed by atoms with E-state index < -0.39 is 54.0 Å². The van der Waals surface area contributed by atoms with Crippen molar-refractivity contribution in [1.29, 1.82) is 0 Å². The molecule has 3 heterocycles. The number of carbonyl (C=O) groups is 4. The molecular formula is C26H33N7O6. The van der Waals surface area contributed by atoms with Gasteiger partial charge in [-0.05, 0) is 31.4 Å². The number of nitrogens with two attached hydrogens (primary N) is 1. The topological polar surface area (TPSA) is 207 Å².